The summed E-state index contributed by atoms with van der Waals surface area (Å²) in [5.41, 5.74) is 2.32. The molecule has 0 unspecified atom stereocenters. The molecular weight excluding hydrogens is 284 g/mol. The Morgan fingerprint density at radius 1 is 1.14 bits per heavy atom. The van der Waals surface area contributed by atoms with Gasteiger partial charge in [0, 0.05) is 13.6 Å². The number of rotatable bonds is 4. The van der Waals surface area contributed by atoms with Gasteiger partial charge in [0.2, 0.25) is 10.0 Å². The van der Waals surface area contributed by atoms with Crippen molar-refractivity contribution in [3.63, 3.8) is 0 Å². The van der Waals surface area contributed by atoms with Crippen LogP contribution in [-0.2, 0) is 16.6 Å². The third-order valence-electron chi connectivity index (χ3n) is 3.19. The minimum atomic E-state index is -3.52. The SMILES string of the molecule is Cc1ccc(S(=O)(=O)N(C)Cc2cccc(C#N)c2)cc1. The zero-order valence-electron chi connectivity index (χ0n) is 11.9. The zero-order valence-corrected chi connectivity index (χ0v) is 12.8. The second-order valence-electron chi connectivity index (χ2n) is 4.89. The Hall–Kier alpha value is -2.16. The normalized spacial score (nSPS) is 11.3. The topological polar surface area (TPSA) is 61.2 Å². The lowest BCUT2D eigenvalue weighted by Crippen LogP contribution is -2.26. The van der Waals surface area contributed by atoms with E-state index in [0.717, 1.165) is 11.1 Å². The van der Waals surface area contributed by atoms with Crippen LogP contribution in [0.25, 0.3) is 0 Å². The summed E-state index contributed by atoms with van der Waals surface area (Å²) in [5, 5.41) is 8.88. The average molecular weight is 300 g/mol. The van der Waals surface area contributed by atoms with Gasteiger partial charge in [0.15, 0.2) is 0 Å². The summed E-state index contributed by atoms with van der Waals surface area (Å²) in [4.78, 5) is 0.270. The number of benzene rings is 2. The molecule has 0 heterocycles. The van der Waals surface area contributed by atoms with Crippen LogP contribution in [0.1, 0.15) is 16.7 Å². The van der Waals surface area contributed by atoms with Crippen LogP contribution < -0.4 is 0 Å². The highest BCUT2D eigenvalue weighted by atomic mass is 32.2. The van der Waals surface area contributed by atoms with Gasteiger partial charge in [-0.05, 0) is 36.8 Å². The number of nitriles is 1. The number of hydrogen-bond acceptors (Lipinski definition) is 3. The molecule has 2 aromatic rings. The van der Waals surface area contributed by atoms with E-state index in [1.807, 2.05) is 19.1 Å². The molecule has 0 aliphatic carbocycles. The number of sulfonamides is 1. The fourth-order valence-electron chi connectivity index (χ4n) is 1.97. The average Bonchev–Trinajstić information content (AvgIpc) is 2.48. The van der Waals surface area contributed by atoms with Crippen molar-refractivity contribution in [2.24, 2.45) is 0 Å². The molecule has 21 heavy (non-hydrogen) atoms. The molecule has 0 atom stereocenters. The van der Waals surface area contributed by atoms with Gasteiger partial charge in [-0.2, -0.15) is 9.57 Å². The fourth-order valence-corrected chi connectivity index (χ4v) is 3.13. The standard InChI is InChI=1S/C16H16N2O2S/c1-13-6-8-16(9-7-13)21(19,20)18(2)12-15-5-3-4-14(10-15)11-17/h3-10H,12H2,1-2H3. The Labute approximate surface area is 125 Å². The van der Waals surface area contributed by atoms with E-state index in [-0.39, 0.29) is 11.4 Å². The molecule has 5 heteroatoms. The molecular formula is C16H16N2O2S. The molecule has 0 aliphatic rings. The third kappa shape index (κ3) is 3.48. The van der Waals surface area contributed by atoms with E-state index in [1.165, 1.54) is 11.4 Å². The summed E-state index contributed by atoms with van der Waals surface area (Å²) in [6, 6.07) is 15.8. The van der Waals surface area contributed by atoms with E-state index in [1.54, 1.807) is 42.5 Å². The summed E-state index contributed by atoms with van der Waals surface area (Å²) in [6.07, 6.45) is 0. The number of nitrogens with zero attached hydrogens (tertiary/aromatic N) is 2. The van der Waals surface area contributed by atoms with E-state index in [2.05, 4.69) is 0 Å². The lowest BCUT2D eigenvalue weighted by atomic mass is 10.1. The molecule has 0 amide bonds. The molecule has 2 aromatic carbocycles. The lowest BCUT2D eigenvalue weighted by Gasteiger charge is -2.17. The van der Waals surface area contributed by atoms with Crippen LogP contribution in [0.3, 0.4) is 0 Å². The van der Waals surface area contributed by atoms with Gasteiger partial charge in [-0.3, -0.25) is 0 Å². The van der Waals surface area contributed by atoms with Crippen LogP contribution in [0.4, 0.5) is 0 Å². The molecule has 0 saturated heterocycles. The van der Waals surface area contributed by atoms with Crippen molar-refractivity contribution >= 4 is 10.0 Å². The summed E-state index contributed by atoms with van der Waals surface area (Å²) in [7, 11) is -1.99. The Balaban J connectivity index is 2.24. The van der Waals surface area contributed by atoms with Crippen molar-refractivity contribution in [3.8, 4) is 6.07 Å². The Bertz CT molecular complexity index is 775. The highest BCUT2D eigenvalue weighted by Crippen LogP contribution is 2.17. The van der Waals surface area contributed by atoms with Crippen LogP contribution in [0, 0.1) is 18.3 Å². The molecule has 0 radical (unpaired) electrons. The van der Waals surface area contributed by atoms with Gasteiger partial charge in [-0.15, -0.1) is 0 Å². The van der Waals surface area contributed by atoms with Gasteiger partial charge < -0.3 is 0 Å². The van der Waals surface area contributed by atoms with Crippen molar-refractivity contribution < 1.29 is 8.42 Å². The Morgan fingerprint density at radius 2 is 1.81 bits per heavy atom. The second-order valence-corrected chi connectivity index (χ2v) is 6.93. The first-order valence-corrected chi connectivity index (χ1v) is 7.89. The first-order valence-electron chi connectivity index (χ1n) is 6.45. The second kappa shape index (κ2) is 6.08. The van der Waals surface area contributed by atoms with Crippen LogP contribution >= 0.6 is 0 Å². The van der Waals surface area contributed by atoms with Crippen LogP contribution in [0.5, 0.6) is 0 Å². The molecule has 4 nitrogen and oxygen atoms in total. The maximum atomic E-state index is 12.5. The van der Waals surface area contributed by atoms with Gasteiger partial charge in [0.05, 0.1) is 16.5 Å². The third-order valence-corrected chi connectivity index (χ3v) is 5.01. The molecule has 0 aliphatic heterocycles. The minimum Gasteiger partial charge on any atom is -0.207 e. The summed E-state index contributed by atoms with van der Waals surface area (Å²) in [5.74, 6) is 0. The van der Waals surface area contributed by atoms with Crippen molar-refractivity contribution in [2.75, 3.05) is 7.05 Å². The minimum absolute atomic E-state index is 0.228. The first-order chi connectivity index (χ1) is 9.93. The van der Waals surface area contributed by atoms with Crippen molar-refractivity contribution in [3.05, 3.63) is 65.2 Å². The molecule has 108 valence electrons. The van der Waals surface area contributed by atoms with Crippen molar-refractivity contribution in [2.45, 2.75) is 18.4 Å². The Kier molecular flexibility index (Phi) is 4.41. The van der Waals surface area contributed by atoms with Crippen LogP contribution in [-0.4, -0.2) is 19.8 Å². The number of aryl methyl sites for hydroxylation is 1. The number of hydrogen-bond donors (Lipinski definition) is 0. The smallest absolute Gasteiger partial charge is 0.207 e. The Morgan fingerprint density at radius 3 is 2.43 bits per heavy atom. The summed E-state index contributed by atoms with van der Waals surface area (Å²) in [6.45, 7) is 2.14. The van der Waals surface area contributed by atoms with E-state index in [0.29, 0.717) is 5.56 Å². The van der Waals surface area contributed by atoms with Crippen molar-refractivity contribution in [1.29, 1.82) is 5.26 Å². The van der Waals surface area contributed by atoms with Crippen molar-refractivity contribution in [1.82, 2.24) is 4.31 Å². The van der Waals surface area contributed by atoms with Gasteiger partial charge >= 0.3 is 0 Å². The predicted octanol–water partition coefficient (Wildman–Crippen LogP) is 2.69. The molecule has 0 saturated carbocycles. The van der Waals surface area contributed by atoms with E-state index in [9.17, 15) is 8.42 Å². The van der Waals surface area contributed by atoms with E-state index >= 15 is 0 Å². The van der Waals surface area contributed by atoms with E-state index in [4.69, 9.17) is 5.26 Å². The van der Waals surface area contributed by atoms with Gasteiger partial charge in [-0.25, -0.2) is 8.42 Å². The summed E-state index contributed by atoms with van der Waals surface area (Å²) >= 11 is 0. The molecule has 0 fully saturated rings. The lowest BCUT2D eigenvalue weighted by molar-refractivity contribution is 0.466. The molecule has 0 aromatic heterocycles. The molecule has 0 bridgehead atoms. The fraction of sp³-hybridized carbons (Fsp3) is 0.188. The van der Waals surface area contributed by atoms with Gasteiger partial charge in [0.25, 0.3) is 0 Å². The zero-order chi connectivity index (χ0) is 15.5. The predicted molar refractivity (Wildman–Crippen MR) is 81.0 cm³/mol. The monoisotopic (exact) mass is 300 g/mol. The van der Waals surface area contributed by atoms with E-state index < -0.39 is 10.0 Å². The van der Waals surface area contributed by atoms with Gasteiger partial charge in [-0.1, -0.05) is 29.8 Å². The largest absolute Gasteiger partial charge is 0.243 e. The maximum absolute atomic E-state index is 12.5. The molecule has 2 rings (SSSR count). The quantitative estimate of drug-likeness (QED) is 0.872. The first kappa shape index (κ1) is 15.2. The van der Waals surface area contributed by atoms with Crippen LogP contribution in [0.2, 0.25) is 0 Å². The maximum Gasteiger partial charge on any atom is 0.243 e. The molecule has 0 N–H and O–H groups in total. The highest BCUT2D eigenvalue weighted by molar-refractivity contribution is 7.89. The van der Waals surface area contributed by atoms with Crippen LogP contribution in [0.15, 0.2) is 53.4 Å². The highest BCUT2D eigenvalue weighted by Gasteiger charge is 2.20. The molecule has 0 spiro atoms. The summed E-state index contributed by atoms with van der Waals surface area (Å²) < 4.78 is 26.2. The van der Waals surface area contributed by atoms with Gasteiger partial charge in [0.1, 0.15) is 0 Å².